The van der Waals surface area contributed by atoms with Gasteiger partial charge in [-0.05, 0) is 133 Å². The van der Waals surface area contributed by atoms with Gasteiger partial charge in [-0.25, -0.2) is 4.79 Å². The van der Waals surface area contributed by atoms with Crippen LogP contribution in [0, 0.1) is 50.2 Å². The van der Waals surface area contributed by atoms with E-state index in [1.165, 1.54) is 64.6 Å². The van der Waals surface area contributed by atoms with Crippen LogP contribution < -0.4 is 4.74 Å². The second kappa shape index (κ2) is 10.4. The molecule has 1 aromatic rings. The molecule has 0 bridgehead atoms. The Bertz CT molecular complexity index is 1370. The van der Waals surface area contributed by atoms with Gasteiger partial charge in [0.05, 0.1) is 7.11 Å². The molecular formula is C40H58O4. The number of rotatable bonds is 4. The highest BCUT2D eigenvalue weighted by Gasteiger charge is 2.68. The lowest BCUT2D eigenvalue weighted by molar-refractivity contribution is -0.210. The number of phenolic OH excluding ortho intramolecular Hbond substituents is 1. The number of hydrogen-bond donors (Lipinski definition) is 1. The molecule has 0 radical (unpaired) electrons. The van der Waals surface area contributed by atoms with Crippen LogP contribution in [0.1, 0.15) is 125 Å². The maximum Gasteiger partial charge on any atom is 0.331 e. The van der Waals surface area contributed by atoms with Crippen molar-refractivity contribution in [1.29, 1.82) is 0 Å². The summed E-state index contributed by atoms with van der Waals surface area (Å²) in [5.41, 5.74) is 4.25. The minimum Gasteiger partial charge on any atom is -0.504 e. The number of esters is 1. The van der Waals surface area contributed by atoms with Crippen LogP contribution in [0.2, 0.25) is 0 Å². The number of carbonyl (C=O) groups is 1. The number of aromatic hydroxyl groups is 1. The molecule has 44 heavy (non-hydrogen) atoms. The van der Waals surface area contributed by atoms with Crippen molar-refractivity contribution in [3.8, 4) is 11.5 Å². The number of hydrogen-bond acceptors (Lipinski definition) is 4. The lowest BCUT2D eigenvalue weighted by Crippen LogP contribution is -2.64. The van der Waals surface area contributed by atoms with Gasteiger partial charge >= 0.3 is 5.97 Å². The van der Waals surface area contributed by atoms with Gasteiger partial charge in [-0.1, -0.05) is 73.1 Å². The highest BCUT2D eigenvalue weighted by Crippen LogP contribution is 2.75. The highest BCUT2D eigenvalue weighted by atomic mass is 16.5. The van der Waals surface area contributed by atoms with E-state index in [0.29, 0.717) is 33.8 Å². The predicted molar refractivity (Wildman–Crippen MR) is 178 cm³/mol. The molecule has 4 nitrogen and oxygen atoms in total. The minimum absolute atomic E-state index is 0.0846. The smallest absolute Gasteiger partial charge is 0.331 e. The lowest BCUT2D eigenvalue weighted by atomic mass is 9.33. The number of ether oxygens (including phenoxy) is 2. The van der Waals surface area contributed by atoms with Crippen molar-refractivity contribution in [3.05, 3.63) is 41.5 Å². The van der Waals surface area contributed by atoms with Crippen molar-refractivity contribution in [1.82, 2.24) is 0 Å². The number of carbonyl (C=O) groups excluding carboxylic acids is 1. The molecule has 6 rings (SSSR count). The SMILES string of the molecule is COc1cc(/C=C/C(=O)O[C@H]2CC[C@]3(C)[C@H]4CC=C5[C@@H]6CC(C)(C)CC[C@]6(C)CC[C@@]5(C)[C@]4(C)CC[C@H]3C2(C)C)ccc1O. The number of methoxy groups -OCH3 is 1. The third-order valence-corrected chi connectivity index (χ3v) is 14.9. The highest BCUT2D eigenvalue weighted by molar-refractivity contribution is 5.87. The molecule has 0 aromatic heterocycles. The normalized spacial score (nSPS) is 42.2. The zero-order valence-corrected chi connectivity index (χ0v) is 29.0. The Morgan fingerprint density at radius 2 is 1.64 bits per heavy atom. The zero-order chi connectivity index (χ0) is 31.9. The Morgan fingerprint density at radius 1 is 0.909 bits per heavy atom. The van der Waals surface area contributed by atoms with Crippen molar-refractivity contribution < 1.29 is 19.4 Å². The van der Waals surface area contributed by atoms with Crippen LogP contribution in [0.4, 0.5) is 0 Å². The molecule has 4 fully saturated rings. The first kappa shape index (κ1) is 31.7. The molecule has 0 heterocycles. The van der Waals surface area contributed by atoms with Crippen molar-refractivity contribution in [2.24, 2.45) is 50.2 Å². The molecule has 0 saturated heterocycles. The fraction of sp³-hybridized carbons (Fsp3) is 0.725. The standard InChI is InChI=1S/C40H58O4/c1-35(2)20-21-37(5)22-23-39(7)27(28(37)25-35)12-14-32-38(6)18-17-33(36(3,4)31(38)16-19-40(32,39)8)44-34(42)15-11-26-10-13-29(41)30(24-26)43-9/h10-13,15,24,28,31-33,41H,14,16-23,25H2,1-9H3/b15-11+/t28-,31-,32+,33-,37+,38-,39+,40+/m0/s1. The first-order chi connectivity index (χ1) is 20.5. The van der Waals surface area contributed by atoms with E-state index in [-0.39, 0.29) is 34.1 Å². The molecule has 242 valence electrons. The molecule has 0 unspecified atom stereocenters. The summed E-state index contributed by atoms with van der Waals surface area (Å²) in [7, 11) is 1.52. The van der Waals surface area contributed by atoms with Crippen molar-refractivity contribution in [2.45, 2.75) is 126 Å². The number of fused-ring (bicyclic) bond motifs is 7. The van der Waals surface area contributed by atoms with Crippen LogP contribution in [0.3, 0.4) is 0 Å². The molecule has 4 saturated carbocycles. The molecule has 1 N–H and O–H groups in total. The molecule has 5 aliphatic rings. The van der Waals surface area contributed by atoms with Crippen LogP contribution in [0.5, 0.6) is 11.5 Å². The molecule has 0 spiro atoms. The molecule has 1 aromatic carbocycles. The summed E-state index contributed by atoms with van der Waals surface area (Å²) in [5.74, 6) is 2.09. The summed E-state index contributed by atoms with van der Waals surface area (Å²) >= 11 is 0. The van der Waals surface area contributed by atoms with Crippen LogP contribution >= 0.6 is 0 Å². The minimum atomic E-state index is -0.294. The topological polar surface area (TPSA) is 55.8 Å². The predicted octanol–water partition coefficient (Wildman–Crippen LogP) is 10.1. The molecule has 0 amide bonds. The summed E-state index contributed by atoms with van der Waals surface area (Å²) in [4.78, 5) is 13.1. The van der Waals surface area contributed by atoms with Crippen LogP contribution in [0.25, 0.3) is 6.08 Å². The first-order valence-electron chi connectivity index (χ1n) is 17.5. The summed E-state index contributed by atoms with van der Waals surface area (Å²) in [5, 5.41) is 9.89. The summed E-state index contributed by atoms with van der Waals surface area (Å²) in [6.07, 6.45) is 18.5. The Labute approximate surface area is 267 Å². The van der Waals surface area contributed by atoms with E-state index in [9.17, 15) is 9.90 Å². The van der Waals surface area contributed by atoms with Gasteiger partial charge in [0.25, 0.3) is 0 Å². The maximum absolute atomic E-state index is 13.1. The number of phenols is 1. The first-order valence-corrected chi connectivity index (χ1v) is 17.5. The van der Waals surface area contributed by atoms with E-state index in [4.69, 9.17) is 9.47 Å². The monoisotopic (exact) mass is 602 g/mol. The van der Waals surface area contributed by atoms with Gasteiger partial charge in [-0.2, -0.15) is 0 Å². The second-order valence-electron chi connectivity index (χ2n) is 17.9. The van der Waals surface area contributed by atoms with Gasteiger partial charge in [0.1, 0.15) is 6.10 Å². The maximum atomic E-state index is 13.1. The van der Waals surface area contributed by atoms with Gasteiger partial charge in [-0.3, -0.25) is 0 Å². The third kappa shape index (κ3) is 4.70. The van der Waals surface area contributed by atoms with Crippen LogP contribution in [-0.4, -0.2) is 24.3 Å². The van der Waals surface area contributed by atoms with Gasteiger partial charge in [-0.15, -0.1) is 0 Å². The molecular weight excluding hydrogens is 544 g/mol. The van der Waals surface area contributed by atoms with E-state index >= 15 is 0 Å². The van der Waals surface area contributed by atoms with Gasteiger partial charge < -0.3 is 14.6 Å². The zero-order valence-electron chi connectivity index (χ0n) is 29.0. The summed E-state index contributed by atoms with van der Waals surface area (Å²) < 4.78 is 11.5. The van der Waals surface area contributed by atoms with E-state index in [1.807, 2.05) is 5.57 Å². The number of allylic oxidation sites excluding steroid dienone is 2. The Kier molecular flexibility index (Phi) is 7.50. The molecule has 0 aliphatic heterocycles. The van der Waals surface area contributed by atoms with Crippen molar-refractivity contribution in [2.75, 3.05) is 7.11 Å². The van der Waals surface area contributed by atoms with Crippen LogP contribution in [-0.2, 0) is 9.53 Å². The average molecular weight is 603 g/mol. The molecule has 8 atom stereocenters. The van der Waals surface area contributed by atoms with Gasteiger partial charge in [0, 0.05) is 11.5 Å². The number of benzene rings is 1. The lowest BCUT2D eigenvalue weighted by Gasteiger charge is -2.71. The Hall–Kier alpha value is -2.23. The fourth-order valence-corrected chi connectivity index (χ4v) is 11.8. The quantitative estimate of drug-likeness (QED) is 0.212. The van der Waals surface area contributed by atoms with Crippen LogP contribution in [0.15, 0.2) is 35.9 Å². The average Bonchev–Trinajstić information content (AvgIpc) is 2.95. The van der Waals surface area contributed by atoms with E-state index in [1.54, 1.807) is 24.3 Å². The summed E-state index contributed by atoms with van der Waals surface area (Å²) in [6, 6.07) is 5.07. The van der Waals surface area contributed by atoms with E-state index < -0.39 is 0 Å². The van der Waals surface area contributed by atoms with Crippen molar-refractivity contribution in [3.63, 3.8) is 0 Å². The third-order valence-electron chi connectivity index (χ3n) is 14.9. The van der Waals surface area contributed by atoms with Gasteiger partial charge in [0.2, 0.25) is 0 Å². The summed E-state index contributed by atoms with van der Waals surface area (Å²) in [6.45, 7) is 20.3. The largest absolute Gasteiger partial charge is 0.504 e. The van der Waals surface area contributed by atoms with Crippen molar-refractivity contribution >= 4 is 12.0 Å². The Balaban J connectivity index is 1.23. The Morgan fingerprint density at radius 3 is 2.36 bits per heavy atom. The van der Waals surface area contributed by atoms with Gasteiger partial charge in [0.15, 0.2) is 11.5 Å². The van der Waals surface area contributed by atoms with E-state index in [0.717, 1.165) is 24.3 Å². The molecule has 4 heteroatoms. The molecule has 5 aliphatic carbocycles. The fourth-order valence-electron chi connectivity index (χ4n) is 11.8. The second-order valence-corrected chi connectivity index (χ2v) is 17.9. The van der Waals surface area contributed by atoms with E-state index in [2.05, 4.69) is 61.5 Å².